The number of hydrogen-bond donors (Lipinski definition) is 2. The molecule has 0 aliphatic heterocycles. The van der Waals surface area contributed by atoms with Crippen LogP contribution in [0.3, 0.4) is 0 Å². The second-order valence-electron chi connectivity index (χ2n) is 3.66. The van der Waals surface area contributed by atoms with Gasteiger partial charge in [-0.2, -0.15) is 0 Å². The Morgan fingerprint density at radius 3 is 2.56 bits per heavy atom. The highest BCUT2D eigenvalue weighted by atomic mass is 127. The molecule has 0 amide bonds. The Morgan fingerprint density at radius 1 is 1.17 bits per heavy atom. The third kappa shape index (κ3) is 3.21. The molecule has 0 saturated heterocycles. The number of hydrogen-bond acceptors (Lipinski definition) is 2. The first-order chi connectivity index (χ1) is 8.58. The van der Waals surface area contributed by atoms with E-state index in [0.29, 0.717) is 4.99 Å². The molecule has 0 atom stereocenters. The molecule has 0 heterocycles. The second-order valence-corrected chi connectivity index (χ2v) is 6.18. The van der Waals surface area contributed by atoms with E-state index < -0.39 is 0 Å². The lowest BCUT2D eigenvalue weighted by atomic mass is 10.1. The number of nitrogens with one attached hydrogen (secondary N) is 1. The Balaban J connectivity index is 2.42. The van der Waals surface area contributed by atoms with Crippen molar-refractivity contribution in [3.8, 4) is 0 Å². The number of halogens is 2. The van der Waals surface area contributed by atoms with Crippen molar-refractivity contribution >= 4 is 67.1 Å². The first kappa shape index (κ1) is 13.8. The van der Waals surface area contributed by atoms with Gasteiger partial charge in [-0.05, 0) is 52.9 Å². The van der Waals surface area contributed by atoms with Gasteiger partial charge in [0.15, 0.2) is 0 Å². The molecule has 0 aliphatic rings. The van der Waals surface area contributed by atoms with Crippen molar-refractivity contribution in [3.63, 3.8) is 0 Å². The van der Waals surface area contributed by atoms with Crippen LogP contribution in [0.1, 0.15) is 5.56 Å². The van der Waals surface area contributed by atoms with Crippen molar-refractivity contribution in [2.45, 2.75) is 0 Å². The van der Waals surface area contributed by atoms with E-state index in [9.17, 15) is 0 Å². The van der Waals surface area contributed by atoms with Crippen LogP contribution in [0.2, 0.25) is 0 Å². The topological polar surface area (TPSA) is 38.0 Å². The molecule has 2 nitrogen and oxygen atoms in total. The highest BCUT2D eigenvalue weighted by Crippen LogP contribution is 2.27. The maximum atomic E-state index is 5.73. The summed E-state index contributed by atoms with van der Waals surface area (Å²) in [6, 6.07) is 13.9. The van der Waals surface area contributed by atoms with E-state index in [2.05, 4.69) is 43.8 Å². The molecular weight excluding hydrogens is 423 g/mol. The van der Waals surface area contributed by atoms with Gasteiger partial charge in [0.25, 0.3) is 0 Å². The quantitative estimate of drug-likeness (QED) is 0.556. The van der Waals surface area contributed by atoms with Crippen LogP contribution >= 0.6 is 50.7 Å². The number of anilines is 2. The highest BCUT2D eigenvalue weighted by molar-refractivity contribution is 14.1. The van der Waals surface area contributed by atoms with Crippen molar-refractivity contribution in [2.75, 3.05) is 5.32 Å². The predicted octanol–water partition coefficient (Wildman–Crippen LogP) is 4.43. The van der Waals surface area contributed by atoms with Gasteiger partial charge in [0.1, 0.15) is 4.99 Å². The zero-order valence-corrected chi connectivity index (χ0v) is 13.8. The molecule has 0 aromatic heterocycles. The molecule has 0 spiro atoms. The number of rotatable bonds is 3. The van der Waals surface area contributed by atoms with Crippen molar-refractivity contribution in [1.82, 2.24) is 0 Å². The molecule has 3 N–H and O–H groups in total. The Bertz CT molecular complexity index is 601. The maximum Gasteiger partial charge on any atom is 0.106 e. The van der Waals surface area contributed by atoms with Crippen LogP contribution in [0.25, 0.3) is 0 Å². The summed E-state index contributed by atoms with van der Waals surface area (Å²) in [5.41, 5.74) is 8.51. The maximum absolute atomic E-state index is 5.73. The summed E-state index contributed by atoms with van der Waals surface area (Å²) >= 11 is 10.8. The van der Waals surface area contributed by atoms with Crippen molar-refractivity contribution < 1.29 is 0 Å². The molecule has 2 rings (SSSR count). The van der Waals surface area contributed by atoms with Gasteiger partial charge < -0.3 is 11.1 Å². The average molecular weight is 433 g/mol. The second kappa shape index (κ2) is 5.99. The van der Waals surface area contributed by atoms with Crippen LogP contribution in [0, 0.1) is 3.57 Å². The minimum Gasteiger partial charge on any atom is -0.389 e. The summed E-state index contributed by atoms with van der Waals surface area (Å²) < 4.78 is 2.12. The molecule has 92 valence electrons. The predicted molar refractivity (Wildman–Crippen MR) is 92.5 cm³/mol. The molecule has 2 aromatic carbocycles. The fraction of sp³-hybridized carbons (Fsp3) is 0. The molecule has 0 fully saturated rings. The molecule has 5 heteroatoms. The molecule has 0 aliphatic carbocycles. The van der Waals surface area contributed by atoms with Gasteiger partial charge in [-0.25, -0.2) is 0 Å². The number of para-hydroxylation sites is 1. The van der Waals surface area contributed by atoms with Gasteiger partial charge in [0.05, 0.1) is 5.69 Å². The van der Waals surface area contributed by atoms with E-state index in [4.69, 9.17) is 18.0 Å². The smallest absolute Gasteiger partial charge is 0.106 e. The van der Waals surface area contributed by atoms with E-state index in [1.165, 1.54) is 0 Å². The largest absolute Gasteiger partial charge is 0.389 e. The Morgan fingerprint density at radius 2 is 1.89 bits per heavy atom. The molecule has 2 aromatic rings. The molecule has 0 unspecified atom stereocenters. The standard InChI is InChI=1S/C13H10BrIN2S/c14-8-5-6-9(13(16)18)12(7-8)17-11-4-2-1-3-10(11)15/h1-7,17H,(H2,16,18). The molecule has 18 heavy (non-hydrogen) atoms. The molecule has 0 radical (unpaired) electrons. The van der Waals surface area contributed by atoms with Crippen molar-refractivity contribution in [2.24, 2.45) is 5.73 Å². The van der Waals surface area contributed by atoms with Crippen LogP contribution < -0.4 is 11.1 Å². The summed E-state index contributed by atoms with van der Waals surface area (Å²) in [5.74, 6) is 0. The summed E-state index contributed by atoms with van der Waals surface area (Å²) in [7, 11) is 0. The van der Waals surface area contributed by atoms with Crippen molar-refractivity contribution in [3.05, 3.63) is 56.1 Å². The van der Waals surface area contributed by atoms with E-state index in [0.717, 1.165) is 25.0 Å². The highest BCUT2D eigenvalue weighted by Gasteiger charge is 2.07. The minimum absolute atomic E-state index is 0.385. The first-order valence-electron chi connectivity index (χ1n) is 5.19. The van der Waals surface area contributed by atoms with Gasteiger partial charge in [0, 0.05) is 19.3 Å². The van der Waals surface area contributed by atoms with Crippen LogP contribution in [0.5, 0.6) is 0 Å². The summed E-state index contributed by atoms with van der Waals surface area (Å²) in [4.78, 5) is 0.385. The van der Waals surface area contributed by atoms with Gasteiger partial charge in [-0.3, -0.25) is 0 Å². The number of benzene rings is 2. The van der Waals surface area contributed by atoms with Crippen molar-refractivity contribution in [1.29, 1.82) is 0 Å². The summed E-state index contributed by atoms with van der Waals surface area (Å²) in [6.45, 7) is 0. The zero-order chi connectivity index (χ0) is 13.1. The lowest BCUT2D eigenvalue weighted by Crippen LogP contribution is -2.12. The Labute approximate surface area is 133 Å². The van der Waals surface area contributed by atoms with Gasteiger partial charge in [0.2, 0.25) is 0 Å². The van der Waals surface area contributed by atoms with E-state index in [1.54, 1.807) is 0 Å². The molecular formula is C13H10BrIN2S. The van der Waals surface area contributed by atoms with E-state index in [-0.39, 0.29) is 0 Å². The van der Waals surface area contributed by atoms with E-state index in [1.807, 2.05) is 42.5 Å². The summed E-state index contributed by atoms with van der Waals surface area (Å²) in [6.07, 6.45) is 0. The monoisotopic (exact) mass is 432 g/mol. The van der Waals surface area contributed by atoms with Crippen LogP contribution in [0.15, 0.2) is 46.9 Å². The normalized spacial score (nSPS) is 10.1. The van der Waals surface area contributed by atoms with Gasteiger partial charge in [-0.15, -0.1) is 0 Å². The third-order valence-corrected chi connectivity index (χ3v) is 4.04. The van der Waals surface area contributed by atoms with Crippen LogP contribution in [-0.2, 0) is 0 Å². The fourth-order valence-electron chi connectivity index (χ4n) is 1.54. The summed E-state index contributed by atoms with van der Waals surface area (Å²) in [5, 5.41) is 3.36. The zero-order valence-electron chi connectivity index (χ0n) is 9.28. The average Bonchev–Trinajstić information content (AvgIpc) is 2.32. The first-order valence-corrected chi connectivity index (χ1v) is 7.47. The fourth-order valence-corrected chi connectivity index (χ4v) is 2.60. The molecule has 0 bridgehead atoms. The van der Waals surface area contributed by atoms with Crippen LogP contribution in [-0.4, -0.2) is 4.99 Å². The molecule has 0 saturated carbocycles. The lowest BCUT2D eigenvalue weighted by Gasteiger charge is -2.13. The Kier molecular flexibility index (Phi) is 4.58. The lowest BCUT2D eigenvalue weighted by molar-refractivity contribution is 1.49. The minimum atomic E-state index is 0.385. The van der Waals surface area contributed by atoms with Crippen LogP contribution in [0.4, 0.5) is 11.4 Å². The number of nitrogens with two attached hydrogens (primary N) is 1. The number of thiocarbonyl (C=S) groups is 1. The SMILES string of the molecule is NC(=S)c1ccc(Br)cc1Nc1ccccc1I. The van der Waals surface area contributed by atoms with Gasteiger partial charge >= 0.3 is 0 Å². The Hall–Kier alpha value is -0.660. The third-order valence-electron chi connectivity index (χ3n) is 2.39. The van der Waals surface area contributed by atoms with Gasteiger partial charge in [-0.1, -0.05) is 40.3 Å². The van der Waals surface area contributed by atoms with E-state index >= 15 is 0 Å².